The van der Waals surface area contributed by atoms with Gasteiger partial charge in [-0.25, -0.2) is 17.2 Å². The molecular weight excluding hydrogens is 304 g/mol. The summed E-state index contributed by atoms with van der Waals surface area (Å²) < 4.78 is 53.0. The highest BCUT2D eigenvalue weighted by atomic mass is 32.2. The molecule has 0 aromatic heterocycles. The molecule has 1 unspecified atom stereocenters. The number of benzene rings is 1. The molecule has 116 valence electrons. The standard InChI is InChI=1S/C13H15F2NO4S/c1-12(11(17)18)7-8-16(12)21(19,20)10-6-4-3-5-9(10)13(2,14)15/h3-6H,7-8H2,1-2H3,(H,17,18). The number of halogens is 2. The van der Waals surface area contributed by atoms with Gasteiger partial charge in [0.15, 0.2) is 0 Å². The maximum atomic E-state index is 13.6. The molecule has 1 N–H and O–H groups in total. The molecule has 2 rings (SSSR count). The maximum absolute atomic E-state index is 13.6. The van der Waals surface area contributed by atoms with Crippen LogP contribution in [0.4, 0.5) is 8.78 Å². The van der Waals surface area contributed by atoms with Gasteiger partial charge >= 0.3 is 5.97 Å². The lowest BCUT2D eigenvalue weighted by Gasteiger charge is -2.45. The summed E-state index contributed by atoms with van der Waals surface area (Å²) in [6.07, 6.45) is 0.145. The van der Waals surface area contributed by atoms with E-state index in [0.717, 1.165) is 16.4 Å². The van der Waals surface area contributed by atoms with Crippen LogP contribution in [0.3, 0.4) is 0 Å². The van der Waals surface area contributed by atoms with Crippen LogP contribution in [0.25, 0.3) is 0 Å². The van der Waals surface area contributed by atoms with E-state index >= 15 is 0 Å². The molecule has 0 saturated carbocycles. The molecule has 1 aliphatic heterocycles. The van der Waals surface area contributed by atoms with Crippen LogP contribution in [0.5, 0.6) is 0 Å². The number of hydrogen-bond donors (Lipinski definition) is 1. The van der Waals surface area contributed by atoms with Crippen molar-refractivity contribution in [1.29, 1.82) is 0 Å². The van der Waals surface area contributed by atoms with E-state index in [-0.39, 0.29) is 13.0 Å². The van der Waals surface area contributed by atoms with Crippen LogP contribution in [-0.2, 0) is 20.7 Å². The second-order valence-electron chi connectivity index (χ2n) is 5.29. The number of sulfonamides is 1. The van der Waals surface area contributed by atoms with Gasteiger partial charge < -0.3 is 5.11 Å². The fourth-order valence-corrected chi connectivity index (χ4v) is 4.36. The number of hydrogen-bond acceptors (Lipinski definition) is 3. The summed E-state index contributed by atoms with van der Waals surface area (Å²) in [7, 11) is -4.30. The van der Waals surface area contributed by atoms with Gasteiger partial charge in [0.2, 0.25) is 10.0 Å². The summed E-state index contributed by atoms with van der Waals surface area (Å²) in [4.78, 5) is 10.7. The first-order chi connectivity index (χ1) is 9.51. The molecule has 8 heteroatoms. The van der Waals surface area contributed by atoms with Gasteiger partial charge in [0.1, 0.15) is 5.54 Å². The number of carboxylic acid groups (broad SMARTS) is 1. The number of alkyl halides is 2. The Bertz CT molecular complexity index is 684. The third kappa shape index (κ3) is 2.42. The van der Waals surface area contributed by atoms with E-state index in [1.165, 1.54) is 19.1 Å². The van der Waals surface area contributed by atoms with Gasteiger partial charge in [-0.2, -0.15) is 4.31 Å². The fraction of sp³-hybridized carbons (Fsp3) is 0.462. The third-order valence-electron chi connectivity index (χ3n) is 3.74. The minimum Gasteiger partial charge on any atom is -0.480 e. The molecule has 1 heterocycles. The minimum absolute atomic E-state index is 0.00521. The molecule has 21 heavy (non-hydrogen) atoms. The van der Waals surface area contributed by atoms with Crippen molar-refractivity contribution in [2.24, 2.45) is 0 Å². The number of nitrogens with zero attached hydrogens (tertiary/aromatic N) is 1. The van der Waals surface area contributed by atoms with E-state index in [4.69, 9.17) is 5.11 Å². The normalized spacial score (nSPS) is 23.6. The SMILES string of the molecule is CC(F)(F)c1ccccc1S(=O)(=O)N1CCC1(C)C(=O)O. The van der Waals surface area contributed by atoms with Gasteiger partial charge in [-0.15, -0.1) is 0 Å². The van der Waals surface area contributed by atoms with Gasteiger partial charge in [0.25, 0.3) is 5.92 Å². The molecule has 0 spiro atoms. The monoisotopic (exact) mass is 319 g/mol. The summed E-state index contributed by atoms with van der Waals surface area (Å²) >= 11 is 0. The van der Waals surface area contributed by atoms with Crippen LogP contribution in [0.1, 0.15) is 25.8 Å². The summed E-state index contributed by atoms with van der Waals surface area (Å²) in [6.45, 7) is 1.87. The molecule has 5 nitrogen and oxygen atoms in total. The molecule has 0 bridgehead atoms. The van der Waals surface area contributed by atoms with Gasteiger partial charge in [0.05, 0.1) is 4.90 Å². The first kappa shape index (κ1) is 15.8. The van der Waals surface area contributed by atoms with Gasteiger partial charge in [-0.1, -0.05) is 18.2 Å². The van der Waals surface area contributed by atoms with Crippen molar-refractivity contribution in [3.05, 3.63) is 29.8 Å². The second kappa shape index (κ2) is 4.74. The minimum atomic E-state index is -4.30. The first-order valence-electron chi connectivity index (χ1n) is 6.25. The number of carbonyl (C=O) groups is 1. The Labute approximate surface area is 121 Å². The lowest BCUT2D eigenvalue weighted by Crippen LogP contribution is -2.64. The van der Waals surface area contributed by atoms with E-state index in [0.29, 0.717) is 6.92 Å². The molecule has 1 aromatic carbocycles. The van der Waals surface area contributed by atoms with Crippen LogP contribution in [0, 0.1) is 0 Å². The number of carboxylic acids is 1. The molecule has 1 aliphatic rings. The number of rotatable bonds is 4. The Hall–Kier alpha value is -1.54. The first-order valence-corrected chi connectivity index (χ1v) is 7.69. The highest BCUT2D eigenvalue weighted by Gasteiger charge is 2.54. The van der Waals surface area contributed by atoms with Gasteiger partial charge in [0, 0.05) is 19.0 Å². The van der Waals surface area contributed by atoms with E-state index in [1.54, 1.807) is 0 Å². The highest BCUT2D eigenvalue weighted by Crippen LogP contribution is 2.40. The lowest BCUT2D eigenvalue weighted by atomic mass is 9.90. The Morgan fingerprint density at radius 1 is 1.38 bits per heavy atom. The highest BCUT2D eigenvalue weighted by molar-refractivity contribution is 7.89. The quantitative estimate of drug-likeness (QED) is 0.921. The van der Waals surface area contributed by atoms with Crippen LogP contribution >= 0.6 is 0 Å². The average molecular weight is 319 g/mol. The van der Waals surface area contributed by atoms with E-state index in [9.17, 15) is 22.0 Å². The average Bonchev–Trinajstić information content (AvgIpc) is 2.34. The van der Waals surface area contributed by atoms with Crippen LogP contribution in [0.2, 0.25) is 0 Å². The topological polar surface area (TPSA) is 74.7 Å². The zero-order valence-electron chi connectivity index (χ0n) is 11.5. The molecule has 1 fully saturated rings. The predicted molar refractivity (Wildman–Crippen MR) is 70.6 cm³/mol. The smallest absolute Gasteiger partial charge is 0.324 e. The third-order valence-corrected chi connectivity index (χ3v) is 5.82. The summed E-state index contributed by atoms with van der Waals surface area (Å²) in [5.74, 6) is -4.63. The van der Waals surface area contributed by atoms with Crippen LogP contribution in [-0.4, -0.2) is 35.9 Å². The summed E-state index contributed by atoms with van der Waals surface area (Å²) in [6, 6.07) is 4.76. The molecular formula is C13H15F2NO4S. The van der Waals surface area contributed by atoms with Crippen molar-refractivity contribution < 1.29 is 27.1 Å². The Balaban J connectivity index is 2.55. The Morgan fingerprint density at radius 2 is 1.95 bits per heavy atom. The molecule has 1 atom stereocenters. The van der Waals surface area contributed by atoms with E-state index in [1.807, 2.05) is 0 Å². The van der Waals surface area contributed by atoms with Gasteiger partial charge in [-0.3, -0.25) is 4.79 Å². The van der Waals surface area contributed by atoms with Crippen molar-refractivity contribution in [2.75, 3.05) is 6.54 Å². The van der Waals surface area contributed by atoms with Crippen molar-refractivity contribution >= 4 is 16.0 Å². The molecule has 1 aromatic rings. The van der Waals surface area contributed by atoms with Crippen molar-refractivity contribution in [3.63, 3.8) is 0 Å². The lowest BCUT2D eigenvalue weighted by molar-refractivity contribution is -0.153. The molecule has 1 saturated heterocycles. The van der Waals surface area contributed by atoms with Crippen molar-refractivity contribution in [3.8, 4) is 0 Å². The zero-order chi connectivity index (χ0) is 16.1. The van der Waals surface area contributed by atoms with E-state index in [2.05, 4.69) is 0 Å². The van der Waals surface area contributed by atoms with E-state index < -0.39 is 37.9 Å². The van der Waals surface area contributed by atoms with Gasteiger partial charge in [-0.05, 0) is 19.4 Å². The summed E-state index contributed by atoms with van der Waals surface area (Å²) in [5, 5.41) is 9.15. The molecule has 0 aliphatic carbocycles. The zero-order valence-corrected chi connectivity index (χ0v) is 12.3. The fourth-order valence-electron chi connectivity index (χ4n) is 2.31. The predicted octanol–water partition coefficient (Wildman–Crippen LogP) is 2.04. The maximum Gasteiger partial charge on any atom is 0.324 e. The van der Waals surface area contributed by atoms with Crippen LogP contribution < -0.4 is 0 Å². The molecule has 0 radical (unpaired) electrons. The second-order valence-corrected chi connectivity index (χ2v) is 7.12. The summed E-state index contributed by atoms with van der Waals surface area (Å²) in [5.41, 5.74) is -2.22. The van der Waals surface area contributed by atoms with Crippen molar-refractivity contribution in [2.45, 2.75) is 36.6 Å². The van der Waals surface area contributed by atoms with Crippen molar-refractivity contribution in [1.82, 2.24) is 4.31 Å². The van der Waals surface area contributed by atoms with Crippen LogP contribution in [0.15, 0.2) is 29.2 Å². The molecule has 0 amide bonds. The number of aliphatic carboxylic acids is 1. The Morgan fingerprint density at radius 3 is 2.38 bits per heavy atom. The Kier molecular flexibility index (Phi) is 3.57. The largest absolute Gasteiger partial charge is 0.480 e.